The second kappa shape index (κ2) is 4.52. The lowest BCUT2D eigenvalue weighted by molar-refractivity contribution is -0.140. The first-order valence-electron chi connectivity index (χ1n) is 7.42. The maximum atomic E-state index is 12.8. The van der Waals surface area contributed by atoms with Crippen molar-refractivity contribution in [1.82, 2.24) is 9.97 Å². The van der Waals surface area contributed by atoms with Gasteiger partial charge in [-0.05, 0) is 72.2 Å². The maximum Gasteiger partial charge on any atom is 0.231 e. The number of carbonyl (C=O) groups is 1. The van der Waals surface area contributed by atoms with Gasteiger partial charge >= 0.3 is 0 Å². The van der Waals surface area contributed by atoms with Crippen molar-refractivity contribution >= 4 is 27.7 Å². The monoisotopic (exact) mass is 335 g/mol. The van der Waals surface area contributed by atoms with Crippen LogP contribution >= 0.6 is 15.9 Å². The van der Waals surface area contributed by atoms with Crippen molar-refractivity contribution in [2.24, 2.45) is 23.2 Å². The van der Waals surface area contributed by atoms with Crippen LogP contribution in [0.3, 0.4) is 0 Å². The fourth-order valence-electron chi connectivity index (χ4n) is 5.01. The van der Waals surface area contributed by atoms with Crippen molar-refractivity contribution in [2.45, 2.75) is 38.5 Å². The number of halogens is 1. The molecular formula is C15H18BrN3O. The molecule has 4 nitrogen and oxygen atoms in total. The van der Waals surface area contributed by atoms with Crippen LogP contribution in [0.25, 0.3) is 0 Å². The van der Waals surface area contributed by atoms with Gasteiger partial charge in [-0.25, -0.2) is 9.97 Å². The van der Waals surface area contributed by atoms with E-state index in [-0.39, 0.29) is 11.3 Å². The van der Waals surface area contributed by atoms with E-state index in [2.05, 4.69) is 31.2 Å². The summed E-state index contributed by atoms with van der Waals surface area (Å²) in [6.45, 7) is 0. The number of hydrogen-bond donors (Lipinski definition) is 1. The highest BCUT2D eigenvalue weighted by atomic mass is 79.9. The number of nitrogens with zero attached hydrogens (tertiary/aromatic N) is 2. The van der Waals surface area contributed by atoms with Gasteiger partial charge in [0.2, 0.25) is 5.91 Å². The highest BCUT2D eigenvalue weighted by Gasteiger charge is 2.54. The van der Waals surface area contributed by atoms with Gasteiger partial charge in [0.05, 0.1) is 17.8 Å². The van der Waals surface area contributed by atoms with Gasteiger partial charge in [0.15, 0.2) is 5.82 Å². The van der Waals surface area contributed by atoms with Gasteiger partial charge in [-0.15, -0.1) is 0 Å². The van der Waals surface area contributed by atoms with E-state index >= 15 is 0 Å². The first kappa shape index (κ1) is 12.7. The molecule has 1 amide bonds. The summed E-state index contributed by atoms with van der Waals surface area (Å²) in [6, 6.07) is 0. The lowest BCUT2D eigenvalue weighted by Crippen LogP contribution is -2.51. The zero-order valence-corrected chi connectivity index (χ0v) is 12.9. The Hall–Kier alpha value is -0.970. The molecule has 1 N–H and O–H groups in total. The van der Waals surface area contributed by atoms with E-state index in [1.54, 1.807) is 12.4 Å². The van der Waals surface area contributed by atoms with Crippen molar-refractivity contribution in [3.8, 4) is 0 Å². The molecule has 20 heavy (non-hydrogen) atoms. The van der Waals surface area contributed by atoms with E-state index in [1.807, 2.05) is 0 Å². The highest BCUT2D eigenvalue weighted by molar-refractivity contribution is 9.10. The van der Waals surface area contributed by atoms with Crippen LogP contribution in [0.5, 0.6) is 0 Å². The predicted octanol–water partition coefficient (Wildman–Crippen LogP) is 3.39. The Kier molecular flexibility index (Phi) is 2.88. The minimum atomic E-state index is -0.122. The van der Waals surface area contributed by atoms with Gasteiger partial charge in [-0.3, -0.25) is 4.79 Å². The summed E-state index contributed by atoms with van der Waals surface area (Å²) >= 11 is 3.26. The summed E-state index contributed by atoms with van der Waals surface area (Å²) in [7, 11) is 0. The molecule has 1 aromatic rings. The summed E-state index contributed by atoms with van der Waals surface area (Å²) in [4.78, 5) is 21.1. The number of amides is 1. The van der Waals surface area contributed by atoms with E-state index in [1.165, 1.54) is 19.3 Å². The summed E-state index contributed by atoms with van der Waals surface area (Å²) in [5.41, 5.74) is -0.122. The lowest BCUT2D eigenvalue weighted by atomic mass is 9.49. The molecule has 0 atom stereocenters. The van der Waals surface area contributed by atoms with Crippen molar-refractivity contribution in [1.29, 1.82) is 0 Å². The molecule has 0 radical (unpaired) electrons. The largest absolute Gasteiger partial charge is 0.309 e. The number of hydrogen-bond acceptors (Lipinski definition) is 3. The van der Waals surface area contributed by atoms with Gasteiger partial charge in [-0.1, -0.05) is 0 Å². The van der Waals surface area contributed by atoms with Gasteiger partial charge < -0.3 is 5.32 Å². The highest BCUT2D eigenvalue weighted by Crippen LogP contribution is 2.60. The molecule has 5 rings (SSSR count). The summed E-state index contributed by atoms with van der Waals surface area (Å²) in [5.74, 6) is 3.08. The quantitative estimate of drug-likeness (QED) is 0.901. The molecule has 0 aliphatic heterocycles. The Morgan fingerprint density at radius 3 is 2.20 bits per heavy atom. The standard InChI is InChI=1S/C15H18BrN3O/c16-12-7-18-13(8-17-12)19-14(20)15-4-9-1-10(5-15)3-11(2-9)6-15/h7-11H,1-6H2,(H,18,19,20). The van der Waals surface area contributed by atoms with Crippen LogP contribution in [-0.4, -0.2) is 15.9 Å². The van der Waals surface area contributed by atoms with Crippen LogP contribution in [0, 0.1) is 23.2 Å². The van der Waals surface area contributed by atoms with Crippen LogP contribution in [0.4, 0.5) is 5.82 Å². The second-order valence-electron chi connectivity index (χ2n) is 6.88. The molecule has 4 aliphatic rings. The Morgan fingerprint density at radius 1 is 1.10 bits per heavy atom. The van der Waals surface area contributed by atoms with Crippen molar-refractivity contribution < 1.29 is 4.79 Å². The molecule has 4 fully saturated rings. The van der Waals surface area contributed by atoms with Gasteiger partial charge in [0, 0.05) is 0 Å². The fraction of sp³-hybridized carbons (Fsp3) is 0.667. The Morgan fingerprint density at radius 2 is 1.70 bits per heavy atom. The van der Waals surface area contributed by atoms with E-state index < -0.39 is 0 Å². The first-order valence-corrected chi connectivity index (χ1v) is 8.21. The minimum Gasteiger partial charge on any atom is -0.309 e. The minimum absolute atomic E-state index is 0.122. The zero-order valence-electron chi connectivity index (χ0n) is 11.3. The third-order valence-electron chi connectivity index (χ3n) is 5.38. The number of nitrogens with one attached hydrogen (secondary N) is 1. The molecule has 0 unspecified atom stereocenters. The average molecular weight is 336 g/mol. The molecule has 4 aliphatic carbocycles. The fourth-order valence-corrected chi connectivity index (χ4v) is 5.22. The van der Waals surface area contributed by atoms with E-state index in [0.29, 0.717) is 10.4 Å². The Bertz CT molecular complexity index is 507. The molecule has 1 heterocycles. The van der Waals surface area contributed by atoms with Crippen LogP contribution in [0.15, 0.2) is 17.0 Å². The van der Waals surface area contributed by atoms with Crippen molar-refractivity contribution in [3.63, 3.8) is 0 Å². The molecule has 4 bridgehead atoms. The molecule has 0 saturated heterocycles. The summed E-state index contributed by atoms with van der Waals surface area (Å²) in [5, 5.41) is 2.99. The number of rotatable bonds is 2. The Balaban J connectivity index is 1.54. The average Bonchev–Trinajstić information content (AvgIpc) is 2.40. The molecule has 0 aromatic carbocycles. The normalized spacial score (nSPS) is 38.0. The lowest BCUT2D eigenvalue weighted by Gasteiger charge is -2.55. The number of anilines is 1. The van der Waals surface area contributed by atoms with Gasteiger partial charge in [0.1, 0.15) is 4.60 Å². The SMILES string of the molecule is O=C(Nc1cnc(Br)cn1)C12CC3CC(CC(C3)C1)C2. The zero-order chi connectivity index (χ0) is 13.7. The molecule has 1 aromatic heterocycles. The summed E-state index contributed by atoms with van der Waals surface area (Å²) < 4.78 is 0.685. The number of carbonyl (C=O) groups excluding carboxylic acids is 1. The smallest absolute Gasteiger partial charge is 0.231 e. The van der Waals surface area contributed by atoms with Gasteiger partial charge in [0.25, 0.3) is 0 Å². The van der Waals surface area contributed by atoms with Crippen LogP contribution in [-0.2, 0) is 4.79 Å². The molecular weight excluding hydrogens is 318 g/mol. The maximum absolute atomic E-state index is 12.8. The first-order chi connectivity index (χ1) is 9.63. The molecule has 106 valence electrons. The van der Waals surface area contributed by atoms with Crippen LogP contribution in [0.2, 0.25) is 0 Å². The third kappa shape index (κ3) is 2.07. The second-order valence-corrected chi connectivity index (χ2v) is 7.69. The van der Waals surface area contributed by atoms with Crippen molar-refractivity contribution in [3.05, 3.63) is 17.0 Å². The predicted molar refractivity (Wildman–Crippen MR) is 79.0 cm³/mol. The van der Waals surface area contributed by atoms with Crippen LogP contribution < -0.4 is 5.32 Å². The number of aromatic nitrogens is 2. The molecule has 4 saturated carbocycles. The molecule has 0 spiro atoms. The van der Waals surface area contributed by atoms with Crippen LogP contribution in [0.1, 0.15) is 38.5 Å². The van der Waals surface area contributed by atoms with E-state index in [4.69, 9.17) is 0 Å². The van der Waals surface area contributed by atoms with E-state index in [9.17, 15) is 4.79 Å². The third-order valence-corrected chi connectivity index (χ3v) is 5.79. The van der Waals surface area contributed by atoms with Gasteiger partial charge in [-0.2, -0.15) is 0 Å². The molecule has 5 heteroatoms. The van der Waals surface area contributed by atoms with E-state index in [0.717, 1.165) is 37.0 Å². The van der Waals surface area contributed by atoms with Crippen molar-refractivity contribution in [2.75, 3.05) is 5.32 Å². The topological polar surface area (TPSA) is 54.9 Å². The Labute approximate surface area is 126 Å². The summed E-state index contributed by atoms with van der Waals surface area (Å²) in [6.07, 6.45) is 10.5.